The number of hydrogen-bond donors (Lipinski definition) is 2. The largest absolute Gasteiger partial charge is 0.484 e. The maximum atomic E-state index is 12.2. The summed E-state index contributed by atoms with van der Waals surface area (Å²) in [5, 5.41) is 6.25. The van der Waals surface area contributed by atoms with Gasteiger partial charge in [-0.05, 0) is 37.5 Å². The zero-order valence-electron chi connectivity index (χ0n) is 17.0. The van der Waals surface area contributed by atoms with E-state index in [0.29, 0.717) is 24.8 Å². The van der Waals surface area contributed by atoms with E-state index in [1.807, 2.05) is 36.1 Å². The quantitative estimate of drug-likeness (QED) is 0.508. The first-order chi connectivity index (χ1) is 13.5. The Bertz CT molecular complexity index is 684. The lowest BCUT2D eigenvalue weighted by atomic mass is 10.2. The van der Waals surface area contributed by atoms with Crippen LogP contribution in [0.5, 0.6) is 5.75 Å². The Kier molecular flexibility index (Phi) is 8.58. The van der Waals surface area contributed by atoms with Gasteiger partial charge in [0.05, 0.1) is 13.1 Å². The number of benzene rings is 1. The molecule has 1 aliphatic rings. The second kappa shape index (κ2) is 11.2. The van der Waals surface area contributed by atoms with Gasteiger partial charge in [0.2, 0.25) is 5.91 Å². The van der Waals surface area contributed by atoms with Gasteiger partial charge in [0.25, 0.3) is 5.91 Å². The summed E-state index contributed by atoms with van der Waals surface area (Å²) in [7, 11) is 3.39. The average molecular weight is 390 g/mol. The van der Waals surface area contributed by atoms with E-state index >= 15 is 0 Å². The van der Waals surface area contributed by atoms with E-state index < -0.39 is 0 Å². The summed E-state index contributed by atoms with van der Waals surface area (Å²) in [5.41, 5.74) is 0.956. The highest BCUT2D eigenvalue weighted by molar-refractivity contribution is 5.86. The van der Waals surface area contributed by atoms with Gasteiger partial charge in [-0.2, -0.15) is 0 Å². The Labute approximate surface area is 166 Å². The topological polar surface area (TPSA) is 86.3 Å². The lowest BCUT2D eigenvalue weighted by Crippen LogP contribution is -2.44. The lowest BCUT2D eigenvalue weighted by Gasteiger charge is -2.17. The zero-order valence-corrected chi connectivity index (χ0v) is 17.0. The second-order valence-electron chi connectivity index (χ2n) is 6.86. The maximum absolute atomic E-state index is 12.2. The Morgan fingerprint density at radius 3 is 2.64 bits per heavy atom. The number of likely N-dealkylation sites (tertiary alicyclic amines) is 1. The van der Waals surface area contributed by atoms with Crippen LogP contribution in [0.15, 0.2) is 29.3 Å². The molecule has 0 unspecified atom stereocenters. The number of hydrogen-bond acceptors (Lipinski definition) is 4. The molecule has 1 aliphatic heterocycles. The van der Waals surface area contributed by atoms with Crippen molar-refractivity contribution < 1.29 is 14.3 Å². The summed E-state index contributed by atoms with van der Waals surface area (Å²) in [6.07, 6.45) is 2.16. The minimum atomic E-state index is -0.0928. The number of carbonyl (C=O) groups is 2. The highest BCUT2D eigenvalue weighted by Crippen LogP contribution is 2.14. The smallest absolute Gasteiger partial charge is 0.259 e. The molecule has 0 saturated carbocycles. The van der Waals surface area contributed by atoms with E-state index in [-0.39, 0.29) is 25.0 Å². The zero-order chi connectivity index (χ0) is 20.4. The molecule has 154 valence electrons. The van der Waals surface area contributed by atoms with E-state index in [1.165, 1.54) is 4.90 Å². The van der Waals surface area contributed by atoms with Gasteiger partial charge < -0.3 is 25.2 Å². The molecule has 1 saturated heterocycles. The Morgan fingerprint density at radius 2 is 1.96 bits per heavy atom. The van der Waals surface area contributed by atoms with Crippen molar-refractivity contribution in [1.82, 2.24) is 20.4 Å². The predicted molar refractivity (Wildman–Crippen MR) is 109 cm³/mol. The van der Waals surface area contributed by atoms with Gasteiger partial charge in [-0.25, -0.2) is 4.99 Å². The molecular weight excluding hydrogens is 358 g/mol. The van der Waals surface area contributed by atoms with Crippen LogP contribution in [0.4, 0.5) is 0 Å². The molecule has 0 aliphatic carbocycles. The standard InChI is InChI=1S/C20H31N5O3/c1-4-21-20(23-14-18(26)25-10-5-6-11-25)22-13-16-8-7-9-17(12-16)28-15-19(27)24(2)3/h7-9,12H,4-6,10-11,13-15H2,1-3H3,(H2,21,22,23). The first-order valence-electron chi connectivity index (χ1n) is 9.71. The summed E-state index contributed by atoms with van der Waals surface area (Å²) in [6, 6.07) is 7.50. The molecule has 0 atom stereocenters. The molecule has 0 spiro atoms. The summed E-state index contributed by atoms with van der Waals surface area (Å²) in [6.45, 7) is 5.06. The second-order valence-corrected chi connectivity index (χ2v) is 6.86. The molecule has 1 heterocycles. The van der Waals surface area contributed by atoms with Gasteiger partial charge in [-0.15, -0.1) is 0 Å². The number of carbonyl (C=O) groups excluding carboxylic acids is 2. The van der Waals surface area contributed by atoms with Crippen LogP contribution in [-0.4, -0.2) is 74.5 Å². The molecule has 1 aromatic rings. The fraction of sp³-hybridized carbons (Fsp3) is 0.550. The molecule has 8 nitrogen and oxygen atoms in total. The Hall–Kier alpha value is -2.77. The minimum absolute atomic E-state index is 0.00251. The minimum Gasteiger partial charge on any atom is -0.484 e. The molecule has 0 bridgehead atoms. The van der Waals surface area contributed by atoms with Crippen molar-refractivity contribution in [2.75, 3.05) is 46.9 Å². The Balaban J connectivity index is 1.89. The fourth-order valence-corrected chi connectivity index (χ4v) is 2.76. The lowest BCUT2D eigenvalue weighted by molar-refractivity contribution is -0.131. The number of nitrogens with one attached hydrogen (secondary N) is 2. The van der Waals surface area contributed by atoms with Crippen molar-refractivity contribution in [2.45, 2.75) is 26.3 Å². The molecule has 28 heavy (non-hydrogen) atoms. The number of likely N-dealkylation sites (N-methyl/N-ethyl adjacent to an activating group) is 1. The van der Waals surface area contributed by atoms with Crippen LogP contribution in [0, 0.1) is 0 Å². The number of ether oxygens (including phenoxy) is 1. The molecule has 2 amide bonds. The Morgan fingerprint density at radius 1 is 1.21 bits per heavy atom. The number of aliphatic imine (C=N–C) groups is 1. The number of rotatable bonds is 8. The van der Waals surface area contributed by atoms with E-state index in [9.17, 15) is 9.59 Å². The van der Waals surface area contributed by atoms with Gasteiger partial charge in [-0.1, -0.05) is 12.1 Å². The molecule has 0 aromatic heterocycles. The average Bonchev–Trinajstić information content (AvgIpc) is 3.23. The summed E-state index contributed by atoms with van der Waals surface area (Å²) < 4.78 is 5.54. The highest BCUT2D eigenvalue weighted by atomic mass is 16.5. The van der Waals surface area contributed by atoms with Gasteiger partial charge in [0.1, 0.15) is 5.75 Å². The van der Waals surface area contributed by atoms with E-state index in [4.69, 9.17) is 4.74 Å². The van der Waals surface area contributed by atoms with Gasteiger partial charge in [0, 0.05) is 33.7 Å². The molecular formula is C20H31N5O3. The van der Waals surface area contributed by atoms with Gasteiger partial charge in [-0.3, -0.25) is 9.59 Å². The van der Waals surface area contributed by atoms with Crippen molar-refractivity contribution in [1.29, 1.82) is 0 Å². The van der Waals surface area contributed by atoms with E-state index in [2.05, 4.69) is 15.6 Å². The number of amides is 2. The van der Waals surface area contributed by atoms with Crippen molar-refractivity contribution in [3.05, 3.63) is 29.8 Å². The first-order valence-corrected chi connectivity index (χ1v) is 9.71. The highest BCUT2D eigenvalue weighted by Gasteiger charge is 2.17. The van der Waals surface area contributed by atoms with Gasteiger partial charge >= 0.3 is 0 Å². The SMILES string of the molecule is CCNC(=NCc1cccc(OCC(=O)N(C)C)c1)NCC(=O)N1CCCC1. The van der Waals surface area contributed by atoms with E-state index in [1.54, 1.807) is 14.1 Å². The molecule has 0 radical (unpaired) electrons. The predicted octanol–water partition coefficient (Wildman–Crippen LogP) is 0.831. The van der Waals surface area contributed by atoms with Crippen LogP contribution >= 0.6 is 0 Å². The number of guanidine groups is 1. The van der Waals surface area contributed by atoms with Crippen LogP contribution in [0.25, 0.3) is 0 Å². The van der Waals surface area contributed by atoms with Crippen LogP contribution in [0.1, 0.15) is 25.3 Å². The summed E-state index contributed by atoms with van der Waals surface area (Å²) in [4.78, 5) is 31.7. The first kappa shape index (κ1) is 21.5. The van der Waals surface area contributed by atoms with Crippen LogP contribution in [0.3, 0.4) is 0 Å². The maximum Gasteiger partial charge on any atom is 0.259 e. The van der Waals surface area contributed by atoms with Crippen LogP contribution in [0.2, 0.25) is 0 Å². The monoisotopic (exact) mass is 389 g/mol. The molecule has 1 fully saturated rings. The van der Waals surface area contributed by atoms with Crippen LogP contribution in [-0.2, 0) is 16.1 Å². The number of nitrogens with zero attached hydrogens (tertiary/aromatic N) is 3. The van der Waals surface area contributed by atoms with E-state index in [0.717, 1.165) is 31.5 Å². The third kappa shape index (κ3) is 7.09. The van der Waals surface area contributed by atoms with Crippen molar-refractivity contribution in [3.63, 3.8) is 0 Å². The van der Waals surface area contributed by atoms with Gasteiger partial charge in [0.15, 0.2) is 12.6 Å². The van der Waals surface area contributed by atoms with Crippen LogP contribution < -0.4 is 15.4 Å². The molecule has 2 rings (SSSR count). The van der Waals surface area contributed by atoms with Crippen molar-refractivity contribution in [2.24, 2.45) is 4.99 Å². The van der Waals surface area contributed by atoms with Crippen molar-refractivity contribution in [3.8, 4) is 5.75 Å². The summed E-state index contributed by atoms with van der Waals surface area (Å²) in [5.74, 6) is 1.24. The van der Waals surface area contributed by atoms with Crippen molar-refractivity contribution >= 4 is 17.8 Å². The third-order valence-electron chi connectivity index (χ3n) is 4.39. The summed E-state index contributed by atoms with van der Waals surface area (Å²) >= 11 is 0. The third-order valence-corrected chi connectivity index (χ3v) is 4.39. The molecule has 2 N–H and O–H groups in total. The molecule has 8 heteroatoms. The molecule has 1 aromatic carbocycles. The normalized spacial score (nSPS) is 14.0. The fourth-order valence-electron chi connectivity index (χ4n) is 2.76.